The van der Waals surface area contributed by atoms with Crippen LogP contribution < -0.4 is 5.56 Å². The molecule has 0 aliphatic heterocycles. The lowest BCUT2D eigenvalue weighted by molar-refractivity contribution is 0.0697. The number of H-pyrrole nitrogens is 1. The van der Waals surface area contributed by atoms with Gasteiger partial charge in [0.2, 0.25) is 5.88 Å². The van der Waals surface area contributed by atoms with E-state index in [1.807, 2.05) is 0 Å². The molecule has 7 heteroatoms. The number of rotatable bonds is 3. The number of hydrogen-bond acceptors (Lipinski definition) is 5. The normalized spacial score (nSPS) is 10.5. The predicted molar refractivity (Wildman–Crippen MR) is 78.8 cm³/mol. The quantitative estimate of drug-likeness (QED) is 0.743. The number of pyridine rings is 1. The van der Waals surface area contributed by atoms with Gasteiger partial charge in [0.05, 0.1) is 16.8 Å². The highest BCUT2D eigenvalue weighted by molar-refractivity contribution is 5.89. The molecule has 0 bridgehead atoms. The Morgan fingerprint density at radius 3 is 2.55 bits per heavy atom. The van der Waals surface area contributed by atoms with Crippen LogP contribution in [0.1, 0.15) is 27.0 Å². The van der Waals surface area contributed by atoms with E-state index in [1.54, 1.807) is 6.07 Å². The summed E-state index contributed by atoms with van der Waals surface area (Å²) in [4.78, 5) is 28.5. The first-order valence-corrected chi connectivity index (χ1v) is 6.17. The van der Waals surface area contributed by atoms with Crippen molar-refractivity contribution in [3.63, 3.8) is 0 Å². The van der Waals surface area contributed by atoms with Crippen LogP contribution in [-0.4, -0.2) is 27.4 Å². The van der Waals surface area contributed by atoms with E-state index in [-0.39, 0.29) is 22.6 Å². The molecule has 0 fully saturated rings. The topological polar surface area (TPSA) is 127 Å². The molecule has 0 saturated heterocycles. The first kappa shape index (κ1) is 15.0. The Hall–Kier alpha value is -3.40. The minimum Gasteiger partial charge on any atom is -0.494 e. The summed E-state index contributed by atoms with van der Waals surface area (Å²) in [7, 11) is 0. The number of aromatic amines is 1. The van der Waals surface area contributed by atoms with Gasteiger partial charge in [-0.25, -0.2) is 4.79 Å². The smallest absolute Gasteiger partial charge is 0.335 e. The lowest BCUT2D eigenvalue weighted by atomic mass is 10.1. The van der Waals surface area contributed by atoms with E-state index in [4.69, 9.17) is 10.4 Å². The molecule has 0 radical (unpaired) electrons. The number of nitrogens with one attached hydrogen (secondary N) is 1. The van der Waals surface area contributed by atoms with Crippen LogP contribution in [0.25, 0.3) is 0 Å². The van der Waals surface area contributed by atoms with Crippen LogP contribution in [0.4, 0.5) is 5.69 Å². The molecule has 0 unspecified atom stereocenters. The number of hydrogen-bond donors (Lipinski definition) is 3. The van der Waals surface area contributed by atoms with Crippen molar-refractivity contribution in [2.24, 2.45) is 4.99 Å². The molecule has 2 aromatic rings. The van der Waals surface area contributed by atoms with Crippen molar-refractivity contribution in [2.45, 2.75) is 6.92 Å². The Balaban J connectivity index is 2.40. The summed E-state index contributed by atoms with van der Waals surface area (Å²) in [6.07, 6.45) is 1.30. The fraction of sp³-hybridized carbons (Fsp3) is 0.0667. The molecule has 1 aromatic carbocycles. The zero-order chi connectivity index (χ0) is 16.3. The van der Waals surface area contributed by atoms with Crippen molar-refractivity contribution in [2.75, 3.05) is 0 Å². The molecular weight excluding hydrogens is 286 g/mol. The molecule has 0 aliphatic carbocycles. The largest absolute Gasteiger partial charge is 0.494 e. The average Bonchev–Trinajstić information content (AvgIpc) is 2.47. The van der Waals surface area contributed by atoms with Gasteiger partial charge in [0.15, 0.2) is 0 Å². The number of carbonyl (C=O) groups is 1. The van der Waals surface area contributed by atoms with Gasteiger partial charge in [0, 0.05) is 6.21 Å². The third kappa shape index (κ3) is 2.86. The molecule has 0 spiro atoms. The summed E-state index contributed by atoms with van der Waals surface area (Å²) in [5.74, 6) is -1.42. The second kappa shape index (κ2) is 5.93. The summed E-state index contributed by atoms with van der Waals surface area (Å²) < 4.78 is 0. The fourth-order valence-corrected chi connectivity index (χ4v) is 1.84. The number of nitriles is 1. The Labute approximate surface area is 124 Å². The maximum atomic E-state index is 11.5. The average molecular weight is 297 g/mol. The van der Waals surface area contributed by atoms with E-state index in [2.05, 4.69) is 9.98 Å². The molecule has 0 aliphatic rings. The van der Waals surface area contributed by atoms with E-state index >= 15 is 0 Å². The molecular formula is C15H11N3O4. The summed E-state index contributed by atoms with van der Waals surface area (Å²) in [5.41, 5.74) is 0.372. The van der Waals surface area contributed by atoms with Gasteiger partial charge in [0.25, 0.3) is 5.56 Å². The fourth-order valence-electron chi connectivity index (χ4n) is 1.84. The third-order valence-electron chi connectivity index (χ3n) is 3.06. The van der Waals surface area contributed by atoms with Gasteiger partial charge in [-0.15, -0.1) is 0 Å². The SMILES string of the molecule is Cc1c(C=Nc2ccc(C(=O)O)cc2)c(O)[nH]c(=O)c1C#N. The summed E-state index contributed by atoms with van der Waals surface area (Å²) in [6, 6.07) is 7.57. The van der Waals surface area contributed by atoms with Crippen molar-refractivity contribution in [3.05, 3.63) is 56.9 Å². The van der Waals surface area contributed by atoms with Crippen molar-refractivity contribution in [1.29, 1.82) is 5.26 Å². The standard InChI is InChI=1S/C15H11N3O4/c1-8-11(6-16)13(19)18-14(20)12(8)7-17-10-4-2-9(3-5-10)15(21)22/h2-5,7H,1H3,(H,21,22)(H2,18,19,20). The molecule has 1 heterocycles. The molecule has 1 aromatic heterocycles. The van der Waals surface area contributed by atoms with E-state index in [0.717, 1.165) is 0 Å². The molecule has 0 atom stereocenters. The number of carboxylic acids is 1. The Kier molecular flexibility index (Phi) is 4.04. The van der Waals surface area contributed by atoms with Crippen molar-refractivity contribution in [1.82, 2.24) is 4.98 Å². The van der Waals surface area contributed by atoms with Gasteiger partial charge in [-0.1, -0.05) is 0 Å². The number of aromatic hydroxyl groups is 1. The maximum Gasteiger partial charge on any atom is 0.335 e. The highest BCUT2D eigenvalue weighted by Crippen LogP contribution is 2.18. The zero-order valence-electron chi connectivity index (χ0n) is 11.5. The van der Waals surface area contributed by atoms with E-state index in [1.165, 1.54) is 37.4 Å². The third-order valence-corrected chi connectivity index (χ3v) is 3.06. The predicted octanol–water partition coefficient (Wildman–Crippen LogP) is 1.71. The van der Waals surface area contributed by atoms with Gasteiger partial charge in [0.1, 0.15) is 11.6 Å². The Morgan fingerprint density at radius 2 is 2.00 bits per heavy atom. The molecule has 0 amide bonds. The van der Waals surface area contributed by atoms with Crippen molar-refractivity contribution in [3.8, 4) is 11.9 Å². The summed E-state index contributed by atoms with van der Waals surface area (Å²) in [5, 5.41) is 27.5. The van der Waals surface area contributed by atoms with Crippen LogP contribution in [0.5, 0.6) is 5.88 Å². The number of aliphatic imine (C=N–C) groups is 1. The number of carboxylic acid groups (broad SMARTS) is 1. The second-order valence-electron chi connectivity index (χ2n) is 4.44. The van der Waals surface area contributed by atoms with E-state index in [0.29, 0.717) is 11.3 Å². The number of benzene rings is 1. The van der Waals surface area contributed by atoms with Crippen LogP contribution in [0, 0.1) is 18.3 Å². The van der Waals surface area contributed by atoms with Crippen LogP contribution in [-0.2, 0) is 0 Å². The highest BCUT2D eigenvalue weighted by atomic mass is 16.4. The second-order valence-corrected chi connectivity index (χ2v) is 4.44. The monoisotopic (exact) mass is 297 g/mol. The van der Waals surface area contributed by atoms with Gasteiger partial charge in [-0.3, -0.25) is 14.8 Å². The molecule has 3 N–H and O–H groups in total. The van der Waals surface area contributed by atoms with Crippen molar-refractivity contribution >= 4 is 17.9 Å². The molecule has 0 saturated carbocycles. The molecule has 22 heavy (non-hydrogen) atoms. The molecule has 2 rings (SSSR count). The molecule has 7 nitrogen and oxygen atoms in total. The van der Waals surface area contributed by atoms with Crippen molar-refractivity contribution < 1.29 is 15.0 Å². The van der Waals surface area contributed by atoms with E-state index in [9.17, 15) is 14.7 Å². The minimum absolute atomic E-state index is 0.0968. The Bertz CT molecular complexity index is 858. The minimum atomic E-state index is -1.04. The lowest BCUT2D eigenvalue weighted by Crippen LogP contribution is -2.14. The maximum absolute atomic E-state index is 11.5. The number of aromatic carboxylic acids is 1. The van der Waals surface area contributed by atoms with Gasteiger partial charge < -0.3 is 10.2 Å². The summed E-state index contributed by atoms with van der Waals surface area (Å²) in [6.45, 7) is 1.53. The van der Waals surface area contributed by atoms with Gasteiger partial charge in [-0.05, 0) is 36.8 Å². The summed E-state index contributed by atoms with van der Waals surface area (Å²) >= 11 is 0. The van der Waals surface area contributed by atoms with E-state index < -0.39 is 11.5 Å². The van der Waals surface area contributed by atoms with Gasteiger partial charge >= 0.3 is 5.97 Å². The zero-order valence-corrected chi connectivity index (χ0v) is 11.5. The number of nitrogens with zero attached hydrogens (tertiary/aromatic N) is 2. The molecule has 110 valence electrons. The Morgan fingerprint density at radius 1 is 1.36 bits per heavy atom. The first-order valence-electron chi connectivity index (χ1n) is 6.17. The first-order chi connectivity index (χ1) is 10.4. The van der Waals surface area contributed by atoms with Crippen LogP contribution in [0.15, 0.2) is 34.1 Å². The lowest BCUT2D eigenvalue weighted by Gasteiger charge is -2.04. The van der Waals surface area contributed by atoms with Crippen LogP contribution in [0.2, 0.25) is 0 Å². The van der Waals surface area contributed by atoms with Crippen LogP contribution in [0.3, 0.4) is 0 Å². The number of aromatic nitrogens is 1. The van der Waals surface area contributed by atoms with Gasteiger partial charge in [-0.2, -0.15) is 5.26 Å². The van der Waals surface area contributed by atoms with Crippen LogP contribution >= 0.6 is 0 Å². The highest BCUT2D eigenvalue weighted by Gasteiger charge is 2.12.